The second-order valence-corrected chi connectivity index (χ2v) is 4.71. The number of carbonyl (C=O) groups excluding carboxylic acids is 1. The van der Waals surface area contributed by atoms with Crippen molar-refractivity contribution in [3.63, 3.8) is 0 Å². The molecule has 0 radical (unpaired) electrons. The van der Waals surface area contributed by atoms with Gasteiger partial charge in [0.15, 0.2) is 0 Å². The molecule has 0 bridgehead atoms. The number of nitrogens with zero attached hydrogens (tertiary/aromatic N) is 3. The van der Waals surface area contributed by atoms with Crippen LogP contribution in [0.4, 0.5) is 5.69 Å². The van der Waals surface area contributed by atoms with Gasteiger partial charge in [0.05, 0.1) is 11.3 Å². The summed E-state index contributed by atoms with van der Waals surface area (Å²) in [6, 6.07) is 8.50. The minimum absolute atomic E-state index is 0.285. The van der Waals surface area contributed by atoms with Gasteiger partial charge < -0.3 is 5.32 Å². The summed E-state index contributed by atoms with van der Waals surface area (Å²) >= 11 is 5.85. The maximum Gasteiger partial charge on any atom is 0.267 e. The first-order valence-corrected chi connectivity index (χ1v) is 6.45. The van der Waals surface area contributed by atoms with E-state index in [1.807, 2.05) is 6.07 Å². The van der Waals surface area contributed by atoms with Crippen molar-refractivity contribution >= 4 is 23.2 Å². The van der Waals surface area contributed by atoms with Gasteiger partial charge in [0, 0.05) is 17.3 Å². The first-order valence-electron chi connectivity index (χ1n) is 6.07. The van der Waals surface area contributed by atoms with Crippen LogP contribution in [0.5, 0.6) is 0 Å². The van der Waals surface area contributed by atoms with Crippen LogP contribution < -0.4 is 10.9 Å². The topological polar surface area (TPSA) is 87.8 Å². The van der Waals surface area contributed by atoms with Crippen LogP contribution in [0.1, 0.15) is 18.5 Å². The Kier molecular flexibility index (Phi) is 4.36. The van der Waals surface area contributed by atoms with E-state index in [4.69, 9.17) is 16.9 Å². The van der Waals surface area contributed by atoms with Crippen LogP contribution in [0.15, 0.2) is 41.3 Å². The van der Waals surface area contributed by atoms with Crippen molar-refractivity contribution in [2.45, 2.75) is 13.0 Å². The molecular weight excluding hydrogens is 292 g/mol. The van der Waals surface area contributed by atoms with E-state index in [0.29, 0.717) is 10.7 Å². The van der Waals surface area contributed by atoms with Crippen LogP contribution >= 0.6 is 11.6 Å². The van der Waals surface area contributed by atoms with Crippen molar-refractivity contribution in [1.29, 1.82) is 5.26 Å². The number of benzene rings is 1. The molecule has 2 aromatic rings. The molecule has 1 N–H and O–H groups in total. The second kappa shape index (κ2) is 6.20. The van der Waals surface area contributed by atoms with Crippen molar-refractivity contribution in [3.05, 3.63) is 57.5 Å². The molecule has 0 spiro atoms. The molecule has 1 aromatic heterocycles. The molecule has 6 nitrogen and oxygen atoms in total. The van der Waals surface area contributed by atoms with Crippen LogP contribution in [-0.4, -0.2) is 15.7 Å². The van der Waals surface area contributed by atoms with Gasteiger partial charge in [-0.25, -0.2) is 4.68 Å². The van der Waals surface area contributed by atoms with Gasteiger partial charge in [-0.15, -0.1) is 0 Å². The van der Waals surface area contributed by atoms with Crippen molar-refractivity contribution in [2.75, 3.05) is 5.32 Å². The minimum Gasteiger partial charge on any atom is -0.323 e. The molecule has 1 amide bonds. The molecule has 0 aliphatic heterocycles. The fourth-order valence-electron chi connectivity index (χ4n) is 1.73. The summed E-state index contributed by atoms with van der Waals surface area (Å²) < 4.78 is 1.06. The maximum absolute atomic E-state index is 12.2. The molecule has 0 fully saturated rings. The van der Waals surface area contributed by atoms with Gasteiger partial charge in [-0.05, 0) is 31.2 Å². The van der Waals surface area contributed by atoms with Gasteiger partial charge in [-0.3, -0.25) is 9.59 Å². The monoisotopic (exact) mass is 302 g/mol. The Morgan fingerprint density at radius 2 is 2.24 bits per heavy atom. The number of nitriles is 1. The summed E-state index contributed by atoms with van der Waals surface area (Å²) in [5.41, 5.74) is 0.200. The van der Waals surface area contributed by atoms with Crippen LogP contribution in [0.3, 0.4) is 0 Å². The Balaban J connectivity index is 2.27. The first kappa shape index (κ1) is 14.8. The van der Waals surface area contributed by atoms with E-state index in [1.54, 1.807) is 13.0 Å². The lowest BCUT2D eigenvalue weighted by atomic mass is 10.2. The molecule has 0 aliphatic rings. The summed E-state index contributed by atoms with van der Waals surface area (Å²) in [6.45, 7) is 1.54. The number of aromatic nitrogens is 2. The zero-order valence-corrected chi connectivity index (χ0v) is 11.8. The molecule has 1 heterocycles. The molecule has 1 unspecified atom stereocenters. The number of carbonyl (C=O) groups is 1. The van der Waals surface area contributed by atoms with Gasteiger partial charge in [-0.1, -0.05) is 11.6 Å². The Bertz CT molecular complexity index is 779. The lowest BCUT2D eigenvalue weighted by molar-refractivity contribution is -0.119. The quantitative estimate of drug-likeness (QED) is 0.939. The highest BCUT2D eigenvalue weighted by molar-refractivity contribution is 6.31. The van der Waals surface area contributed by atoms with Gasteiger partial charge >= 0.3 is 0 Å². The molecule has 21 heavy (non-hydrogen) atoms. The number of nitrogens with one attached hydrogen (secondary N) is 1. The summed E-state index contributed by atoms with van der Waals surface area (Å²) in [6.07, 6.45) is 1.42. The molecule has 0 saturated carbocycles. The van der Waals surface area contributed by atoms with E-state index in [2.05, 4.69) is 10.4 Å². The molecule has 0 saturated heterocycles. The van der Waals surface area contributed by atoms with Crippen LogP contribution in [0.25, 0.3) is 0 Å². The number of hydrogen-bond acceptors (Lipinski definition) is 4. The van der Waals surface area contributed by atoms with Crippen LogP contribution in [0.2, 0.25) is 5.02 Å². The third kappa shape index (κ3) is 3.27. The van der Waals surface area contributed by atoms with E-state index in [-0.39, 0.29) is 11.1 Å². The van der Waals surface area contributed by atoms with E-state index in [1.165, 1.54) is 30.5 Å². The lowest BCUT2D eigenvalue weighted by Gasteiger charge is -2.14. The van der Waals surface area contributed by atoms with Crippen molar-refractivity contribution in [2.24, 2.45) is 0 Å². The predicted octanol–water partition coefficient (Wildman–Crippen LogP) is 1.97. The second-order valence-electron chi connectivity index (χ2n) is 4.27. The summed E-state index contributed by atoms with van der Waals surface area (Å²) in [5.74, 6) is -0.463. The van der Waals surface area contributed by atoms with E-state index in [0.717, 1.165) is 4.68 Å². The molecule has 1 aromatic carbocycles. The molecule has 1 atom stereocenters. The Morgan fingerprint density at radius 1 is 1.48 bits per heavy atom. The number of hydrogen-bond donors (Lipinski definition) is 1. The third-order valence-electron chi connectivity index (χ3n) is 2.85. The summed E-state index contributed by atoms with van der Waals surface area (Å²) in [7, 11) is 0. The van der Waals surface area contributed by atoms with E-state index < -0.39 is 11.9 Å². The van der Waals surface area contributed by atoms with E-state index in [9.17, 15) is 9.59 Å². The average Bonchev–Trinajstić information content (AvgIpc) is 2.47. The predicted molar refractivity (Wildman–Crippen MR) is 78.0 cm³/mol. The minimum atomic E-state index is -0.816. The molecule has 2 rings (SSSR count). The fourth-order valence-corrected chi connectivity index (χ4v) is 1.90. The SMILES string of the molecule is CC(C(=O)Nc1cc(Cl)ccc1C#N)n1ncccc1=O. The van der Waals surface area contributed by atoms with Gasteiger partial charge in [-0.2, -0.15) is 10.4 Å². The first-order chi connectivity index (χ1) is 10.0. The third-order valence-corrected chi connectivity index (χ3v) is 3.08. The Morgan fingerprint density at radius 3 is 2.90 bits per heavy atom. The van der Waals surface area contributed by atoms with Crippen molar-refractivity contribution < 1.29 is 4.79 Å². The van der Waals surface area contributed by atoms with Gasteiger partial charge in [0.1, 0.15) is 12.1 Å². The smallest absolute Gasteiger partial charge is 0.267 e. The molecular formula is C14H11ClN4O2. The molecule has 106 valence electrons. The summed E-state index contributed by atoms with van der Waals surface area (Å²) in [5, 5.41) is 15.8. The normalized spacial score (nSPS) is 11.5. The zero-order chi connectivity index (χ0) is 15.4. The molecule has 7 heteroatoms. The van der Waals surface area contributed by atoms with Gasteiger partial charge in [0.25, 0.3) is 5.56 Å². The lowest BCUT2D eigenvalue weighted by Crippen LogP contribution is -2.32. The number of amides is 1. The standard InChI is InChI=1S/C14H11ClN4O2/c1-9(19-13(20)3-2-6-17-19)14(21)18-12-7-11(15)5-4-10(12)8-16/h2-7,9H,1H3,(H,18,21). The number of halogens is 1. The summed E-state index contributed by atoms with van der Waals surface area (Å²) in [4.78, 5) is 23.8. The number of rotatable bonds is 3. The Hall–Kier alpha value is -2.65. The maximum atomic E-state index is 12.2. The highest BCUT2D eigenvalue weighted by Gasteiger charge is 2.18. The highest BCUT2D eigenvalue weighted by atomic mass is 35.5. The largest absolute Gasteiger partial charge is 0.323 e. The Labute approximate surface area is 125 Å². The van der Waals surface area contributed by atoms with Crippen LogP contribution in [-0.2, 0) is 4.79 Å². The number of anilines is 1. The van der Waals surface area contributed by atoms with E-state index >= 15 is 0 Å². The van der Waals surface area contributed by atoms with Gasteiger partial charge in [0.2, 0.25) is 5.91 Å². The van der Waals surface area contributed by atoms with Crippen molar-refractivity contribution in [3.8, 4) is 6.07 Å². The highest BCUT2D eigenvalue weighted by Crippen LogP contribution is 2.21. The van der Waals surface area contributed by atoms with Crippen molar-refractivity contribution in [1.82, 2.24) is 9.78 Å². The van der Waals surface area contributed by atoms with Crippen LogP contribution in [0, 0.1) is 11.3 Å². The fraction of sp³-hybridized carbons (Fsp3) is 0.143. The zero-order valence-electron chi connectivity index (χ0n) is 11.1. The molecule has 0 aliphatic carbocycles. The average molecular weight is 303 g/mol.